The van der Waals surface area contributed by atoms with E-state index in [1.54, 1.807) is 33.9 Å². The van der Waals surface area contributed by atoms with Crippen LogP contribution in [0, 0.1) is 13.8 Å². The topological polar surface area (TPSA) is 108 Å². The molecular formula is C16H29IN4O4S3. The van der Waals surface area contributed by atoms with Gasteiger partial charge in [-0.05, 0) is 33.8 Å². The maximum Gasteiger partial charge on any atom is 0.241 e. The van der Waals surface area contributed by atoms with Gasteiger partial charge in [-0.15, -0.1) is 35.3 Å². The number of aliphatic imine (C=N–C) groups is 1. The summed E-state index contributed by atoms with van der Waals surface area (Å²) in [4.78, 5) is 8.12. The van der Waals surface area contributed by atoms with Gasteiger partial charge in [0.2, 0.25) is 10.0 Å². The van der Waals surface area contributed by atoms with Gasteiger partial charge in [0, 0.05) is 43.0 Å². The van der Waals surface area contributed by atoms with Crippen LogP contribution >= 0.6 is 35.3 Å². The molecule has 28 heavy (non-hydrogen) atoms. The van der Waals surface area contributed by atoms with Gasteiger partial charge in [-0.25, -0.2) is 21.6 Å². The predicted molar refractivity (Wildman–Crippen MR) is 125 cm³/mol. The predicted octanol–water partition coefficient (Wildman–Crippen LogP) is 1.35. The molecule has 2 rings (SSSR count). The average molecular weight is 565 g/mol. The van der Waals surface area contributed by atoms with Gasteiger partial charge < -0.3 is 10.2 Å². The van der Waals surface area contributed by atoms with Crippen LogP contribution in [0.2, 0.25) is 0 Å². The van der Waals surface area contributed by atoms with Gasteiger partial charge >= 0.3 is 0 Å². The fourth-order valence-corrected chi connectivity index (χ4v) is 6.92. The second-order valence-corrected chi connectivity index (χ2v) is 13.1. The number of nitrogens with zero attached hydrogens (tertiary/aromatic N) is 2. The molecule has 1 aromatic rings. The number of sulfonamides is 1. The van der Waals surface area contributed by atoms with Crippen molar-refractivity contribution in [1.29, 1.82) is 0 Å². The molecule has 12 heteroatoms. The van der Waals surface area contributed by atoms with Crippen molar-refractivity contribution in [2.75, 3.05) is 39.0 Å². The Morgan fingerprint density at radius 3 is 2.46 bits per heavy atom. The zero-order chi connectivity index (χ0) is 20.5. The quantitative estimate of drug-likeness (QED) is 0.242. The average Bonchev–Trinajstić information content (AvgIpc) is 2.90. The molecule has 0 amide bonds. The van der Waals surface area contributed by atoms with Crippen molar-refractivity contribution in [1.82, 2.24) is 14.9 Å². The third-order valence-corrected chi connectivity index (χ3v) is 9.76. The van der Waals surface area contributed by atoms with Crippen LogP contribution in [0.25, 0.3) is 0 Å². The second kappa shape index (κ2) is 9.58. The third-order valence-electron chi connectivity index (χ3n) is 4.54. The summed E-state index contributed by atoms with van der Waals surface area (Å²) in [6.07, 6.45) is 0. The van der Waals surface area contributed by atoms with Crippen LogP contribution < -0.4 is 10.0 Å². The van der Waals surface area contributed by atoms with Crippen LogP contribution in [-0.4, -0.2) is 71.4 Å². The summed E-state index contributed by atoms with van der Waals surface area (Å²) in [6, 6.07) is 1.67. The molecule has 0 aromatic carbocycles. The Balaban J connectivity index is 0.00000392. The van der Waals surface area contributed by atoms with E-state index in [9.17, 15) is 16.8 Å². The first-order valence-corrected chi connectivity index (χ1v) is 12.6. The van der Waals surface area contributed by atoms with E-state index in [0.717, 1.165) is 9.75 Å². The Bertz CT molecular complexity index is 924. The maximum atomic E-state index is 12.4. The van der Waals surface area contributed by atoms with Crippen molar-refractivity contribution >= 4 is 61.1 Å². The zero-order valence-electron chi connectivity index (χ0n) is 16.8. The lowest BCUT2D eigenvalue weighted by Crippen LogP contribution is -2.57. The molecule has 2 heterocycles. The molecule has 1 aliphatic rings. The van der Waals surface area contributed by atoms with Gasteiger partial charge in [0.25, 0.3) is 0 Å². The molecule has 1 saturated heterocycles. The van der Waals surface area contributed by atoms with Crippen molar-refractivity contribution in [2.24, 2.45) is 4.99 Å². The molecule has 0 atom stereocenters. The molecule has 1 aliphatic heterocycles. The first-order valence-electron chi connectivity index (χ1n) is 8.64. The number of guanidine groups is 1. The highest BCUT2D eigenvalue weighted by Crippen LogP contribution is 2.25. The van der Waals surface area contributed by atoms with Gasteiger partial charge in [0.15, 0.2) is 15.8 Å². The lowest BCUT2D eigenvalue weighted by Gasteiger charge is -2.39. The third kappa shape index (κ3) is 5.80. The second-order valence-electron chi connectivity index (χ2n) is 7.15. The monoisotopic (exact) mass is 564 g/mol. The summed E-state index contributed by atoms with van der Waals surface area (Å²) < 4.78 is 50.8. The largest absolute Gasteiger partial charge is 0.355 e. The van der Waals surface area contributed by atoms with Crippen LogP contribution in [0.5, 0.6) is 0 Å². The zero-order valence-corrected chi connectivity index (χ0v) is 21.6. The van der Waals surface area contributed by atoms with Crippen molar-refractivity contribution in [3.8, 4) is 0 Å². The Morgan fingerprint density at radius 2 is 1.96 bits per heavy atom. The van der Waals surface area contributed by atoms with E-state index < -0.39 is 24.6 Å². The number of hydrogen-bond donors (Lipinski definition) is 2. The van der Waals surface area contributed by atoms with Gasteiger partial charge in [-0.1, -0.05) is 0 Å². The van der Waals surface area contributed by atoms with Gasteiger partial charge in [-0.3, -0.25) is 4.99 Å². The summed E-state index contributed by atoms with van der Waals surface area (Å²) in [7, 11) is -5.05. The van der Waals surface area contributed by atoms with Crippen LogP contribution in [0.3, 0.4) is 0 Å². The van der Waals surface area contributed by atoms with Gasteiger partial charge in [-0.2, -0.15) is 0 Å². The van der Waals surface area contributed by atoms with Crippen LogP contribution in [0.1, 0.15) is 23.6 Å². The summed E-state index contributed by atoms with van der Waals surface area (Å²) in [5.74, 6) is 0.643. The molecular weight excluding hydrogens is 535 g/mol. The van der Waals surface area contributed by atoms with Crippen molar-refractivity contribution in [3.05, 3.63) is 15.8 Å². The molecule has 0 aliphatic carbocycles. The van der Waals surface area contributed by atoms with Crippen molar-refractivity contribution in [3.63, 3.8) is 0 Å². The first kappa shape index (κ1) is 25.6. The standard InChI is InChI=1S/C16H28N4O4S3.HI/c1-12-10-14(13(2)25-12)27(23,24)19-7-6-18-15(17-5)20-8-9-26(21,22)16(3,4)11-20;/h10,19H,6-9,11H2,1-5H3,(H,17,18);1H. The molecule has 0 radical (unpaired) electrons. The van der Waals surface area contributed by atoms with E-state index in [4.69, 9.17) is 0 Å². The summed E-state index contributed by atoms with van der Waals surface area (Å²) >= 11 is 1.45. The van der Waals surface area contributed by atoms with E-state index in [2.05, 4.69) is 15.0 Å². The minimum Gasteiger partial charge on any atom is -0.355 e. The lowest BCUT2D eigenvalue weighted by molar-refractivity contribution is 0.353. The highest BCUT2D eigenvalue weighted by atomic mass is 127. The van der Waals surface area contributed by atoms with Crippen molar-refractivity contribution < 1.29 is 16.8 Å². The number of sulfone groups is 1. The number of rotatable bonds is 5. The molecule has 2 N–H and O–H groups in total. The minimum absolute atomic E-state index is 0. The minimum atomic E-state index is -3.55. The highest BCUT2D eigenvalue weighted by Gasteiger charge is 2.40. The first-order chi connectivity index (χ1) is 12.4. The fraction of sp³-hybridized carbons (Fsp3) is 0.688. The smallest absolute Gasteiger partial charge is 0.241 e. The Morgan fingerprint density at radius 1 is 1.32 bits per heavy atom. The van der Waals surface area contributed by atoms with E-state index >= 15 is 0 Å². The van der Waals surface area contributed by atoms with E-state index in [1.807, 2.05) is 11.8 Å². The summed E-state index contributed by atoms with van der Waals surface area (Å²) in [5.41, 5.74) is 0. The molecule has 0 bridgehead atoms. The Labute approximate surface area is 189 Å². The molecule has 0 unspecified atom stereocenters. The summed E-state index contributed by atoms with van der Waals surface area (Å²) in [6.45, 7) is 8.34. The molecule has 1 fully saturated rings. The normalized spacial score (nSPS) is 19.2. The van der Waals surface area contributed by atoms with Crippen LogP contribution in [0.4, 0.5) is 0 Å². The molecule has 8 nitrogen and oxygen atoms in total. The lowest BCUT2D eigenvalue weighted by atomic mass is 10.2. The van der Waals surface area contributed by atoms with Crippen LogP contribution in [-0.2, 0) is 19.9 Å². The van der Waals surface area contributed by atoms with E-state index in [-0.39, 0.29) is 36.3 Å². The Hall–Kier alpha value is -0.440. The van der Waals surface area contributed by atoms with Crippen molar-refractivity contribution in [2.45, 2.75) is 37.3 Å². The fourth-order valence-electron chi connectivity index (χ4n) is 2.97. The van der Waals surface area contributed by atoms with E-state index in [1.165, 1.54) is 11.3 Å². The van der Waals surface area contributed by atoms with Gasteiger partial charge in [0.1, 0.15) is 0 Å². The number of aryl methyl sites for hydroxylation is 2. The highest BCUT2D eigenvalue weighted by molar-refractivity contribution is 14.0. The number of hydrogen-bond acceptors (Lipinski definition) is 6. The number of nitrogens with one attached hydrogen (secondary N) is 2. The Kier molecular flexibility index (Phi) is 8.76. The maximum absolute atomic E-state index is 12.4. The molecule has 162 valence electrons. The number of thiophene rings is 1. The molecule has 0 saturated carbocycles. The van der Waals surface area contributed by atoms with E-state index in [0.29, 0.717) is 30.5 Å². The molecule has 0 spiro atoms. The summed E-state index contributed by atoms with van der Waals surface area (Å²) in [5, 5.41) is 3.10. The molecule has 1 aromatic heterocycles. The van der Waals surface area contributed by atoms with Gasteiger partial charge in [0.05, 0.1) is 15.4 Å². The number of halogens is 1. The van der Waals surface area contributed by atoms with Crippen LogP contribution in [0.15, 0.2) is 16.0 Å². The SMILES string of the molecule is CN=C(NCCNS(=O)(=O)c1cc(C)sc1C)N1CCS(=O)(=O)C(C)(C)C1.I.